The largest absolute Gasteiger partial charge is 0.420 e. The molecule has 0 aliphatic carbocycles. The third-order valence-corrected chi connectivity index (χ3v) is 11.6. The van der Waals surface area contributed by atoms with Crippen LogP contribution in [0.4, 0.5) is 45.5 Å². The van der Waals surface area contributed by atoms with E-state index in [-0.39, 0.29) is 14.0 Å². The first-order chi connectivity index (χ1) is 29.8. The van der Waals surface area contributed by atoms with Gasteiger partial charge in [0.2, 0.25) is 0 Å². The van der Waals surface area contributed by atoms with Crippen molar-refractivity contribution in [1.29, 1.82) is 0 Å². The summed E-state index contributed by atoms with van der Waals surface area (Å²) in [6.45, 7) is -0.194. The zero-order valence-corrected chi connectivity index (χ0v) is 32.8. The lowest BCUT2D eigenvalue weighted by Crippen LogP contribution is -2.53. The Labute approximate surface area is 351 Å². The quantitative estimate of drug-likeness (QED) is 0.143. The second-order valence-corrected chi connectivity index (χ2v) is 15.1. The van der Waals surface area contributed by atoms with Gasteiger partial charge in [0.15, 0.2) is 0 Å². The molecule has 6 nitrogen and oxygen atoms in total. The number of para-hydroxylation sites is 8. The summed E-state index contributed by atoms with van der Waals surface area (Å²) >= 11 is 0. The maximum atomic E-state index is 5.18. The molecule has 11 rings (SSSR count). The molecule has 9 aromatic rings. The number of rotatable bonds is 8. The number of hydrogen-bond donors (Lipinski definition) is 0. The van der Waals surface area contributed by atoms with Gasteiger partial charge in [-0.1, -0.05) is 146 Å². The van der Waals surface area contributed by atoms with Gasteiger partial charge in [0.25, 0.3) is 0 Å². The number of hydrogen-bond acceptors (Lipinski definition) is 6. The average molecular weight is 769 g/mol. The van der Waals surface area contributed by atoms with Gasteiger partial charge >= 0.3 is 14.0 Å². The highest BCUT2D eigenvalue weighted by molar-refractivity contribution is 6.85. The minimum atomic E-state index is -0.0968. The van der Waals surface area contributed by atoms with Crippen LogP contribution >= 0.6 is 0 Å². The fraction of sp³-hybridized carbons (Fsp3) is 0. The van der Waals surface area contributed by atoms with Crippen LogP contribution in [-0.4, -0.2) is 23.9 Å². The molecule has 3 heterocycles. The molecule has 282 valence electrons. The van der Waals surface area contributed by atoms with E-state index < -0.39 is 0 Å². The molecule has 0 bridgehead atoms. The summed E-state index contributed by atoms with van der Waals surface area (Å²) in [5.74, 6) is 0. The Morgan fingerprint density at radius 3 is 0.833 bits per heavy atom. The Morgan fingerprint density at radius 2 is 0.550 bits per heavy atom. The molecule has 2 aliphatic heterocycles. The van der Waals surface area contributed by atoms with Crippen molar-refractivity contribution in [2.24, 2.45) is 0 Å². The van der Waals surface area contributed by atoms with Gasteiger partial charge in [-0.3, -0.25) is 4.98 Å². The molecule has 0 atom stereocenters. The number of aromatic nitrogens is 2. The lowest BCUT2D eigenvalue weighted by molar-refractivity contribution is 1.21. The second-order valence-electron chi connectivity index (χ2n) is 15.1. The molecular formula is C52H38B2N6. The van der Waals surface area contributed by atoms with Crippen molar-refractivity contribution in [2.75, 3.05) is 19.2 Å². The predicted molar refractivity (Wildman–Crippen MR) is 251 cm³/mol. The first kappa shape index (κ1) is 35.3. The highest BCUT2D eigenvalue weighted by Crippen LogP contribution is 2.47. The Bertz CT molecular complexity index is 2570. The predicted octanol–water partition coefficient (Wildman–Crippen LogP) is 11.2. The molecule has 0 saturated heterocycles. The van der Waals surface area contributed by atoms with Crippen LogP contribution in [0.1, 0.15) is 0 Å². The van der Waals surface area contributed by atoms with Gasteiger partial charge in [0.05, 0.1) is 46.5 Å². The molecule has 0 fully saturated rings. The minimum absolute atomic E-state index is 0.0968. The van der Waals surface area contributed by atoms with E-state index in [0.29, 0.717) is 0 Å². The highest BCUT2D eigenvalue weighted by atomic mass is 15.3. The van der Waals surface area contributed by atoms with E-state index in [1.165, 1.54) is 33.7 Å². The van der Waals surface area contributed by atoms with Crippen molar-refractivity contribution < 1.29 is 0 Å². The van der Waals surface area contributed by atoms with Gasteiger partial charge in [-0.25, -0.2) is 4.98 Å². The molecule has 1 aromatic heterocycles. The Balaban J connectivity index is 0.924. The van der Waals surface area contributed by atoms with Gasteiger partial charge in [0, 0.05) is 33.9 Å². The summed E-state index contributed by atoms with van der Waals surface area (Å²) in [5.41, 5.74) is 15.3. The fourth-order valence-corrected chi connectivity index (χ4v) is 8.87. The molecular weight excluding hydrogens is 730 g/mol. The summed E-state index contributed by atoms with van der Waals surface area (Å²) in [4.78, 5) is 19.6. The summed E-state index contributed by atoms with van der Waals surface area (Å²) < 4.78 is 0. The number of nitrogens with zero attached hydrogens (tertiary/aromatic N) is 6. The molecule has 0 unspecified atom stereocenters. The lowest BCUT2D eigenvalue weighted by Gasteiger charge is -2.30. The molecule has 0 radical (unpaired) electrons. The maximum Gasteiger partial charge on any atom is 0.420 e. The van der Waals surface area contributed by atoms with Crippen molar-refractivity contribution in [3.8, 4) is 22.5 Å². The van der Waals surface area contributed by atoms with Gasteiger partial charge < -0.3 is 19.2 Å². The van der Waals surface area contributed by atoms with Crippen molar-refractivity contribution >= 4 is 70.4 Å². The third-order valence-electron chi connectivity index (χ3n) is 11.6. The van der Waals surface area contributed by atoms with E-state index in [1.807, 2.05) is 12.4 Å². The van der Waals surface area contributed by atoms with Crippen LogP contribution < -0.4 is 30.2 Å². The van der Waals surface area contributed by atoms with Crippen molar-refractivity contribution in [3.05, 3.63) is 231 Å². The minimum Gasteiger partial charge on any atom is -0.360 e. The van der Waals surface area contributed by atoms with Crippen molar-refractivity contribution in [3.63, 3.8) is 0 Å². The zero-order chi connectivity index (χ0) is 39.8. The normalized spacial score (nSPS) is 13.1. The first-order valence-corrected chi connectivity index (χ1v) is 20.4. The average Bonchev–Trinajstić information content (AvgIpc) is 3.87. The fourth-order valence-electron chi connectivity index (χ4n) is 8.87. The van der Waals surface area contributed by atoms with Crippen LogP contribution in [0.25, 0.3) is 22.5 Å². The van der Waals surface area contributed by atoms with E-state index in [1.54, 1.807) is 0 Å². The summed E-state index contributed by atoms with van der Waals surface area (Å²) in [6, 6.07) is 77.6. The van der Waals surface area contributed by atoms with E-state index in [9.17, 15) is 0 Å². The summed E-state index contributed by atoms with van der Waals surface area (Å²) in [7, 11) is 0. The Kier molecular flexibility index (Phi) is 8.93. The van der Waals surface area contributed by atoms with Crippen LogP contribution in [-0.2, 0) is 0 Å². The van der Waals surface area contributed by atoms with Gasteiger partial charge in [-0.15, -0.1) is 0 Å². The maximum absolute atomic E-state index is 5.18. The van der Waals surface area contributed by atoms with Crippen LogP contribution in [0, 0.1) is 0 Å². The molecule has 8 aromatic carbocycles. The molecule has 0 N–H and O–H groups in total. The van der Waals surface area contributed by atoms with E-state index in [2.05, 4.69) is 238 Å². The zero-order valence-electron chi connectivity index (χ0n) is 32.8. The number of anilines is 8. The smallest absolute Gasteiger partial charge is 0.360 e. The van der Waals surface area contributed by atoms with Crippen LogP contribution in [0.2, 0.25) is 0 Å². The van der Waals surface area contributed by atoms with Crippen LogP contribution in [0.15, 0.2) is 231 Å². The van der Waals surface area contributed by atoms with Gasteiger partial charge in [0.1, 0.15) is 0 Å². The SMILES string of the molecule is c1ccc(N2B(c3ccc(-c4cncc(-c5ccc(B6N(c7ccccc7)c7ccccc7N6c6ccccc6)cc5)n4)cc3)N(c3ccccc3)c3ccccc32)cc1. The molecule has 2 aliphatic rings. The second kappa shape index (κ2) is 15.2. The first-order valence-electron chi connectivity index (χ1n) is 20.4. The summed E-state index contributed by atoms with van der Waals surface area (Å²) in [5, 5.41) is 0. The number of fused-ring (bicyclic) bond motifs is 2. The Hall–Kier alpha value is -7.83. The molecule has 0 spiro atoms. The molecule has 60 heavy (non-hydrogen) atoms. The molecule has 0 saturated carbocycles. The van der Waals surface area contributed by atoms with Crippen LogP contribution in [0.5, 0.6) is 0 Å². The van der Waals surface area contributed by atoms with E-state index in [4.69, 9.17) is 9.97 Å². The van der Waals surface area contributed by atoms with Gasteiger partial charge in [-0.2, -0.15) is 0 Å². The van der Waals surface area contributed by atoms with Crippen molar-refractivity contribution in [1.82, 2.24) is 9.97 Å². The van der Waals surface area contributed by atoms with Crippen molar-refractivity contribution in [2.45, 2.75) is 0 Å². The number of benzene rings is 8. The van der Waals surface area contributed by atoms with E-state index >= 15 is 0 Å². The summed E-state index contributed by atoms with van der Waals surface area (Å²) in [6.07, 6.45) is 3.71. The lowest BCUT2D eigenvalue weighted by atomic mass is 9.64. The monoisotopic (exact) mass is 768 g/mol. The van der Waals surface area contributed by atoms with Crippen LogP contribution in [0.3, 0.4) is 0 Å². The van der Waals surface area contributed by atoms with E-state index in [0.717, 1.165) is 45.3 Å². The topological polar surface area (TPSA) is 38.7 Å². The van der Waals surface area contributed by atoms with Gasteiger partial charge in [-0.05, 0) is 83.7 Å². The highest BCUT2D eigenvalue weighted by Gasteiger charge is 2.44. The molecule has 8 heteroatoms. The molecule has 0 amide bonds. The Morgan fingerprint density at radius 1 is 0.283 bits per heavy atom. The standard InChI is InChI=1S/C52H38B2N6/c1-5-17-43(18-6-1)57-49-25-13-14-26-50(49)58(44-19-7-2-8-20-44)53(57)41-33-29-39(30-34-41)47-37-55-38-48(56-47)40-31-35-42(36-32-40)54-59(45-21-9-3-10-22-45)51-27-15-16-28-52(51)60(54)46-23-11-4-12-24-46/h1-38H. The third kappa shape index (κ3) is 6.17.